The van der Waals surface area contributed by atoms with Gasteiger partial charge in [-0.1, -0.05) is 30.3 Å². The SMILES string of the molecule is CC(CCO)N(Cc1ccccc1)C(=O)Nc1ccc(F)cc1C#N. The first-order chi connectivity index (χ1) is 12.0. The average Bonchev–Trinajstić information content (AvgIpc) is 2.62. The molecule has 0 saturated heterocycles. The van der Waals surface area contributed by atoms with Crippen LogP contribution in [0.5, 0.6) is 0 Å². The maximum Gasteiger partial charge on any atom is 0.322 e. The number of rotatable bonds is 6. The number of nitrogens with one attached hydrogen (secondary N) is 1. The zero-order valence-electron chi connectivity index (χ0n) is 13.9. The van der Waals surface area contributed by atoms with Crippen LogP contribution >= 0.6 is 0 Å². The number of halogens is 1. The van der Waals surface area contributed by atoms with Gasteiger partial charge in [-0.3, -0.25) is 0 Å². The van der Waals surface area contributed by atoms with Crippen molar-refractivity contribution in [3.8, 4) is 6.07 Å². The van der Waals surface area contributed by atoms with E-state index >= 15 is 0 Å². The molecule has 0 aliphatic rings. The van der Waals surface area contributed by atoms with Gasteiger partial charge in [-0.25, -0.2) is 9.18 Å². The fraction of sp³-hybridized carbons (Fsp3) is 0.263. The lowest BCUT2D eigenvalue weighted by Crippen LogP contribution is -2.41. The number of aliphatic hydroxyl groups excluding tert-OH is 1. The predicted octanol–water partition coefficient (Wildman–Crippen LogP) is 3.50. The van der Waals surface area contributed by atoms with Crippen molar-refractivity contribution < 1.29 is 14.3 Å². The molecule has 0 bridgehead atoms. The minimum atomic E-state index is -0.538. The summed E-state index contributed by atoms with van der Waals surface area (Å²) in [6.07, 6.45) is 0.425. The Kier molecular flexibility index (Phi) is 6.49. The molecule has 0 heterocycles. The third kappa shape index (κ3) is 5.03. The van der Waals surface area contributed by atoms with Gasteiger partial charge in [-0.2, -0.15) is 5.26 Å². The van der Waals surface area contributed by atoms with E-state index in [1.54, 1.807) is 4.90 Å². The molecule has 2 rings (SSSR count). The van der Waals surface area contributed by atoms with Crippen molar-refractivity contribution in [3.05, 3.63) is 65.5 Å². The van der Waals surface area contributed by atoms with Gasteiger partial charge in [0, 0.05) is 19.2 Å². The van der Waals surface area contributed by atoms with Gasteiger partial charge in [0.2, 0.25) is 0 Å². The van der Waals surface area contributed by atoms with Crippen molar-refractivity contribution in [2.24, 2.45) is 0 Å². The molecule has 0 fully saturated rings. The number of carbonyl (C=O) groups is 1. The Bertz CT molecular complexity index is 759. The van der Waals surface area contributed by atoms with Crippen LogP contribution in [0.15, 0.2) is 48.5 Å². The van der Waals surface area contributed by atoms with Crippen LogP contribution in [0.1, 0.15) is 24.5 Å². The summed E-state index contributed by atoms with van der Waals surface area (Å²) in [6.45, 7) is 2.16. The van der Waals surface area contributed by atoms with Gasteiger partial charge in [0.1, 0.15) is 11.9 Å². The van der Waals surface area contributed by atoms with E-state index in [0.29, 0.717) is 13.0 Å². The molecule has 0 saturated carbocycles. The molecule has 1 atom stereocenters. The Morgan fingerprint density at radius 2 is 2.04 bits per heavy atom. The summed E-state index contributed by atoms with van der Waals surface area (Å²) in [7, 11) is 0. The number of nitrogens with zero attached hydrogens (tertiary/aromatic N) is 2. The average molecular weight is 341 g/mol. The maximum atomic E-state index is 13.2. The van der Waals surface area contributed by atoms with Crippen molar-refractivity contribution in [2.45, 2.75) is 25.9 Å². The Balaban J connectivity index is 2.22. The van der Waals surface area contributed by atoms with E-state index in [1.807, 2.05) is 43.3 Å². The van der Waals surface area contributed by atoms with E-state index in [9.17, 15) is 14.3 Å². The van der Waals surface area contributed by atoms with Gasteiger partial charge in [0.05, 0.1) is 11.3 Å². The minimum Gasteiger partial charge on any atom is -0.396 e. The zero-order valence-corrected chi connectivity index (χ0v) is 13.9. The third-order valence-electron chi connectivity index (χ3n) is 3.88. The molecule has 2 aromatic carbocycles. The second-order valence-electron chi connectivity index (χ2n) is 5.71. The van der Waals surface area contributed by atoms with E-state index in [0.717, 1.165) is 11.6 Å². The molecule has 0 spiro atoms. The van der Waals surface area contributed by atoms with Crippen LogP contribution in [0.4, 0.5) is 14.9 Å². The Labute approximate surface area is 146 Å². The van der Waals surface area contributed by atoms with E-state index < -0.39 is 11.8 Å². The van der Waals surface area contributed by atoms with Crippen LogP contribution in [-0.2, 0) is 6.54 Å². The van der Waals surface area contributed by atoms with Gasteiger partial charge in [-0.15, -0.1) is 0 Å². The minimum absolute atomic E-state index is 0.0419. The van der Waals surface area contributed by atoms with Crippen molar-refractivity contribution in [1.29, 1.82) is 5.26 Å². The molecule has 130 valence electrons. The molecule has 5 nitrogen and oxygen atoms in total. The smallest absolute Gasteiger partial charge is 0.322 e. The summed E-state index contributed by atoms with van der Waals surface area (Å²) in [4.78, 5) is 14.3. The molecule has 2 N–H and O–H groups in total. The van der Waals surface area contributed by atoms with Gasteiger partial charge in [-0.05, 0) is 37.1 Å². The fourth-order valence-corrected chi connectivity index (χ4v) is 2.46. The van der Waals surface area contributed by atoms with Crippen LogP contribution in [0.2, 0.25) is 0 Å². The third-order valence-corrected chi connectivity index (χ3v) is 3.88. The molecule has 2 aromatic rings. The second kappa shape index (κ2) is 8.81. The molecular formula is C19H20FN3O2. The highest BCUT2D eigenvalue weighted by Crippen LogP contribution is 2.18. The lowest BCUT2D eigenvalue weighted by Gasteiger charge is -2.29. The van der Waals surface area contributed by atoms with E-state index in [-0.39, 0.29) is 23.9 Å². The Hall–Kier alpha value is -2.91. The Morgan fingerprint density at radius 1 is 1.32 bits per heavy atom. The second-order valence-corrected chi connectivity index (χ2v) is 5.71. The first-order valence-corrected chi connectivity index (χ1v) is 7.97. The molecule has 0 aliphatic carbocycles. The van der Waals surface area contributed by atoms with Crippen molar-refractivity contribution >= 4 is 11.7 Å². The maximum absolute atomic E-state index is 13.2. The molecule has 0 radical (unpaired) electrons. The lowest BCUT2D eigenvalue weighted by atomic mass is 10.1. The molecule has 1 unspecified atom stereocenters. The number of aliphatic hydroxyl groups is 1. The fourth-order valence-electron chi connectivity index (χ4n) is 2.46. The molecule has 0 aromatic heterocycles. The molecular weight excluding hydrogens is 321 g/mol. The molecule has 0 aliphatic heterocycles. The standard InChI is InChI=1S/C19H20FN3O2/c1-14(9-10-24)23(13-15-5-3-2-4-6-15)19(25)22-18-8-7-17(20)11-16(18)12-21/h2-8,11,14,24H,9-10,13H2,1H3,(H,22,25). The zero-order chi connectivity index (χ0) is 18.2. The number of carbonyl (C=O) groups excluding carboxylic acids is 1. The van der Waals surface area contributed by atoms with Gasteiger partial charge in [0.15, 0.2) is 0 Å². The molecule has 25 heavy (non-hydrogen) atoms. The molecule has 6 heteroatoms. The number of hydrogen-bond donors (Lipinski definition) is 2. The summed E-state index contributed by atoms with van der Waals surface area (Å²) in [6, 6.07) is 14.4. The number of benzene rings is 2. The highest BCUT2D eigenvalue weighted by Gasteiger charge is 2.21. The van der Waals surface area contributed by atoms with Crippen LogP contribution in [0.25, 0.3) is 0 Å². The summed E-state index contributed by atoms with van der Waals surface area (Å²) in [5.41, 5.74) is 1.26. The van der Waals surface area contributed by atoms with Gasteiger partial charge >= 0.3 is 6.03 Å². The van der Waals surface area contributed by atoms with E-state index in [2.05, 4.69) is 5.32 Å². The number of hydrogen-bond acceptors (Lipinski definition) is 3. The summed E-state index contributed by atoms with van der Waals surface area (Å²) in [5, 5.41) is 21.0. The summed E-state index contributed by atoms with van der Waals surface area (Å²) >= 11 is 0. The van der Waals surface area contributed by atoms with E-state index in [1.165, 1.54) is 12.1 Å². The van der Waals surface area contributed by atoms with Crippen LogP contribution in [0.3, 0.4) is 0 Å². The predicted molar refractivity (Wildman–Crippen MR) is 93.3 cm³/mol. The topological polar surface area (TPSA) is 76.4 Å². The summed E-state index contributed by atoms with van der Waals surface area (Å²) < 4.78 is 13.2. The van der Waals surface area contributed by atoms with Crippen molar-refractivity contribution in [3.63, 3.8) is 0 Å². The van der Waals surface area contributed by atoms with Crippen molar-refractivity contribution in [1.82, 2.24) is 4.90 Å². The summed E-state index contributed by atoms with van der Waals surface area (Å²) in [5.74, 6) is -0.538. The first kappa shape index (κ1) is 18.4. The number of amides is 2. The number of nitriles is 1. The monoisotopic (exact) mass is 341 g/mol. The van der Waals surface area contributed by atoms with Gasteiger partial charge < -0.3 is 15.3 Å². The van der Waals surface area contributed by atoms with Gasteiger partial charge in [0.25, 0.3) is 0 Å². The quantitative estimate of drug-likeness (QED) is 0.844. The lowest BCUT2D eigenvalue weighted by molar-refractivity contribution is 0.169. The van der Waals surface area contributed by atoms with Crippen LogP contribution < -0.4 is 5.32 Å². The van der Waals surface area contributed by atoms with Crippen molar-refractivity contribution in [2.75, 3.05) is 11.9 Å². The highest BCUT2D eigenvalue weighted by molar-refractivity contribution is 5.91. The first-order valence-electron chi connectivity index (χ1n) is 7.97. The van der Waals surface area contributed by atoms with E-state index in [4.69, 9.17) is 5.26 Å². The van der Waals surface area contributed by atoms with Crippen LogP contribution in [-0.4, -0.2) is 28.7 Å². The normalized spacial score (nSPS) is 11.4. The largest absolute Gasteiger partial charge is 0.396 e. The highest BCUT2D eigenvalue weighted by atomic mass is 19.1. The number of urea groups is 1. The number of anilines is 1. The Morgan fingerprint density at radius 3 is 2.68 bits per heavy atom. The van der Waals surface area contributed by atoms with Crippen LogP contribution in [0, 0.1) is 17.1 Å². The molecule has 2 amide bonds.